The molecular formula is C14H31FN2O. The summed E-state index contributed by atoms with van der Waals surface area (Å²) in [4.78, 5) is 13.6. The highest BCUT2D eigenvalue weighted by molar-refractivity contribution is 5.75. The van der Waals surface area contributed by atoms with E-state index < -0.39 is 0 Å². The van der Waals surface area contributed by atoms with Crippen molar-refractivity contribution >= 4 is 5.91 Å². The third kappa shape index (κ3) is 11.8. The molecule has 4 heteroatoms. The first-order chi connectivity index (χ1) is 8.24. The molecule has 0 saturated heterocycles. The van der Waals surface area contributed by atoms with Crippen molar-refractivity contribution in [3.8, 4) is 0 Å². The second-order valence-corrected chi connectivity index (χ2v) is 4.50. The minimum absolute atomic E-state index is 0. The molecule has 0 rings (SSSR count). The molecule has 0 atom stereocenters. The molecule has 18 heavy (non-hydrogen) atoms. The van der Waals surface area contributed by atoms with Crippen LogP contribution in [0.15, 0.2) is 0 Å². The highest BCUT2D eigenvalue weighted by Gasteiger charge is 2.00. The Kier molecular flexibility index (Phi) is 15.8. The summed E-state index contributed by atoms with van der Waals surface area (Å²) in [6.07, 6.45) is 6.78. The number of nitrogens with one attached hydrogen (secondary N) is 1. The van der Waals surface area contributed by atoms with E-state index in [0.717, 1.165) is 26.1 Å². The molecule has 3 nitrogen and oxygen atoms in total. The number of hydrogen-bond acceptors (Lipinski definition) is 2. The Hall–Kier alpha value is -0.640. The van der Waals surface area contributed by atoms with E-state index in [2.05, 4.69) is 24.1 Å². The number of amides is 1. The minimum atomic E-state index is 0. The monoisotopic (exact) mass is 262 g/mol. The summed E-state index contributed by atoms with van der Waals surface area (Å²) in [7, 11) is 0. The third-order valence-corrected chi connectivity index (χ3v) is 3.15. The van der Waals surface area contributed by atoms with Crippen LogP contribution in [0.4, 0.5) is 4.70 Å². The zero-order valence-electron chi connectivity index (χ0n) is 12.3. The molecule has 0 radical (unpaired) electrons. The Balaban J connectivity index is 0. The van der Waals surface area contributed by atoms with Crippen LogP contribution in [0.3, 0.4) is 0 Å². The maximum Gasteiger partial charge on any atom is 0.219 e. The molecule has 0 spiro atoms. The number of rotatable bonds is 11. The molecule has 0 aliphatic carbocycles. The van der Waals surface area contributed by atoms with Gasteiger partial charge in [0.1, 0.15) is 0 Å². The van der Waals surface area contributed by atoms with Crippen molar-refractivity contribution < 1.29 is 9.50 Å². The van der Waals surface area contributed by atoms with E-state index in [4.69, 9.17) is 0 Å². The van der Waals surface area contributed by atoms with Crippen LogP contribution in [-0.2, 0) is 4.79 Å². The summed E-state index contributed by atoms with van der Waals surface area (Å²) in [6.45, 7) is 10.7. The zero-order chi connectivity index (χ0) is 12.9. The Morgan fingerprint density at radius 1 is 0.944 bits per heavy atom. The van der Waals surface area contributed by atoms with Gasteiger partial charge in [0, 0.05) is 13.0 Å². The Morgan fingerprint density at radius 2 is 1.50 bits per heavy atom. The van der Waals surface area contributed by atoms with E-state index in [-0.39, 0.29) is 10.6 Å². The van der Waals surface area contributed by atoms with Gasteiger partial charge in [-0.2, -0.15) is 0 Å². The molecule has 0 aromatic heterocycles. The lowest BCUT2D eigenvalue weighted by atomic mass is 10.1. The van der Waals surface area contributed by atoms with Gasteiger partial charge in [0.2, 0.25) is 5.91 Å². The fourth-order valence-corrected chi connectivity index (χ4v) is 1.98. The smallest absolute Gasteiger partial charge is 0.219 e. The zero-order valence-corrected chi connectivity index (χ0v) is 12.3. The molecule has 0 aromatic rings. The van der Waals surface area contributed by atoms with Gasteiger partial charge in [0.05, 0.1) is 0 Å². The molecular weight excluding hydrogens is 231 g/mol. The first kappa shape index (κ1) is 19.7. The minimum Gasteiger partial charge on any atom is -0.356 e. The molecule has 1 N–H and O–H groups in total. The molecule has 0 unspecified atom stereocenters. The summed E-state index contributed by atoms with van der Waals surface area (Å²) in [5, 5.41) is 2.83. The average Bonchev–Trinajstić information content (AvgIpc) is 2.33. The van der Waals surface area contributed by atoms with Crippen LogP contribution < -0.4 is 5.32 Å². The van der Waals surface area contributed by atoms with Crippen LogP contribution in [0.5, 0.6) is 0 Å². The van der Waals surface area contributed by atoms with Gasteiger partial charge in [0.15, 0.2) is 0 Å². The number of carbonyl (C=O) groups is 1. The van der Waals surface area contributed by atoms with Gasteiger partial charge in [-0.05, 0) is 39.4 Å². The molecule has 0 aliphatic rings. The van der Waals surface area contributed by atoms with E-state index in [1.54, 1.807) is 0 Å². The molecule has 0 aromatic carbocycles. The Labute approximate surface area is 112 Å². The van der Waals surface area contributed by atoms with Crippen LogP contribution in [-0.4, -0.2) is 37.0 Å². The van der Waals surface area contributed by atoms with Gasteiger partial charge in [-0.15, -0.1) is 0 Å². The standard InChI is InChI=1S/C14H30N2O.FH/c1-4-15-14(17)12-10-8-7-9-11-13-16(5-2)6-3;/h4-13H2,1-3H3,(H,15,17);1H. The fourth-order valence-electron chi connectivity index (χ4n) is 1.98. The molecule has 0 saturated carbocycles. The SMILES string of the molecule is CCNC(=O)CCCCCCCN(CC)CC.F. The van der Waals surface area contributed by atoms with Gasteiger partial charge in [0.25, 0.3) is 0 Å². The first-order valence-electron chi connectivity index (χ1n) is 7.23. The number of nitrogens with zero attached hydrogens (tertiary/aromatic N) is 1. The van der Waals surface area contributed by atoms with Gasteiger partial charge >= 0.3 is 0 Å². The fraction of sp³-hybridized carbons (Fsp3) is 0.929. The Morgan fingerprint density at radius 3 is 2.06 bits per heavy atom. The number of carbonyl (C=O) groups excluding carboxylic acids is 1. The summed E-state index contributed by atoms with van der Waals surface area (Å²) in [5.74, 6) is 0.204. The molecule has 0 fully saturated rings. The van der Waals surface area contributed by atoms with E-state index in [1.807, 2.05) is 6.92 Å². The van der Waals surface area contributed by atoms with Crippen molar-refractivity contribution in [2.24, 2.45) is 0 Å². The lowest BCUT2D eigenvalue weighted by molar-refractivity contribution is -0.121. The highest BCUT2D eigenvalue weighted by atomic mass is 19.0. The van der Waals surface area contributed by atoms with Crippen molar-refractivity contribution in [3.63, 3.8) is 0 Å². The lowest BCUT2D eigenvalue weighted by Gasteiger charge is -2.17. The maximum absolute atomic E-state index is 11.2. The van der Waals surface area contributed by atoms with Crippen molar-refractivity contribution in [2.45, 2.75) is 59.3 Å². The van der Waals surface area contributed by atoms with E-state index >= 15 is 0 Å². The van der Waals surface area contributed by atoms with E-state index in [0.29, 0.717) is 6.42 Å². The van der Waals surface area contributed by atoms with Crippen LogP contribution in [0, 0.1) is 0 Å². The normalized spacial score (nSPS) is 10.2. The predicted octanol–water partition coefficient (Wildman–Crippen LogP) is 2.96. The quantitative estimate of drug-likeness (QED) is 0.581. The van der Waals surface area contributed by atoms with Crippen molar-refractivity contribution in [1.29, 1.82) is 0 Å². The van der Waals surface area contributed by atoms with Crippen molar-refractivity contribution in [2.75, 3.05) is 26.2 Å². The second-order valence-electron chi connectivity index (χ2n) is 4.50. The first-order valence-corrected chi connectivity index (χ1v) is 7.23. The Bertz CT molecular complexity index is 185. The third-order valence-electron chi connectivity index (χ3n) is 3.15. The van der Waals surface area contributed by atoms with Crippen molar-refractivity contribution in [3.05, 3.63) is 0 Å². The molecule has 110 valence electrons. The van der Waals surface area contributed by atoms with Crippen LogP contribution in [0.2, 0.25) is 0 Å². The molecule has 0 bridgehead atoms. The molecule has 0 heterocycles. The summed E-state index contributed by atoms with van der Waals surface area (Å²) >= 11 is 0. The van der Waals surface area contributed by atoms with Gasteiger partial charge in [-0.1, -0.05) is 33.1 Å². The van der Waals surface area contributed by atoms with Crippen LogP contribution >= 0.6 is 0 Å². The maximum atomic E-state index is 11.2. The highest BCUT2D eigenvalue weighted by Crippen LogP contribution is 2.06. The number of halogens is 1. The van der Waals surface area contributed by atoms with Gasteiger partial charge in [-0.25, -0.2) is 0 Å². The van der Waals surface area contributed by atoms with Crippen LogP contribution in [0.1, 0.15) is 59.3 Å². The number of unbranched alkanes of at least 4 members (excludes halogenated alkanes) is 4. The largest absolute Gasteiger partial charge is 0.356 e. The van der Waals surface area contributed by atoms with Gasteiger partial charge < -0.3 is 10.2 Å². The predicted molar refractivity (Wildman–Crippen MR) is 76.7 cm³/mol. The topological polar surface area (TPSA) is 32.3 Å². The van der Waals surface area contributed by atoms with Gasteiger partial charge in [-0.3, -0.25) is 9.50 Å². The molecule has 1 amide bonds. The average molecular weight is 262 g/mol. The van der Waals surface area contributed by atoms with Crippen LogP contribution in [0.25, 0.3) is 0 Å². The van der Waals surface area contributed by atoms with E-state index in [1.165, 1.54) is 32.2 Å². The second kappa shape index (κ2) is 14.4. The van der Waals surface area contributed by atoms with Crippen molar-refractivity contribution in [1.82, 2.24) is 10.2 Å². The summed E-state index contributed by atoms with van der Waals surface area (Å²) in [6, 6.07) is 0. The molecule has 0 aliphatic heterocycles. The van der Waals surface area contributed by atoms with E-state index in [9.17, 15) is 4.79 Å². The number of hydrogen-bond donors (Lipinski definition) is 1. The summed E-state index contributed by atoms with van der Waals surface area (Å²) in [5.41, 5.74) is 0. The summed E-state index contributed by atoms with van der Waals surface area (Å²) < 4.78 is 0. The lowest BCUT2D eigenvalue weighted by Crippen LogP contribution is -2.23.